The van der Waals surface area contributed by atoms with Crippen molar-refractivity contribution in [2.75, 3.05) is 73.6 Å². The predicted octanol–water partition coefficient (Wildman–Crippen LogP) is 12.4. The van der Waals surface area contributed by atoms with Crippen LogP contribution in [0.25, 0.3) is 0 Å². The number of benzene rings is 5. The molecule has 0 N–H and O–H groups in total. The number of carbonyl (C=O) groups excluding carboxylic acids is 3. The Kier molecular flexibility index (Phi) is 18.9. The van der Waals surface area contributed by atoms with E-state index in [2.05, 4.69) is 61.0 Å². The van der Waals surface area contributed by atoms with Crippen molar-refractivity contribution in [3.8, 4) is 17.2 Å². The Labute approximate surface area is 445 Å². The third kappa shape index (κ3) is 13.5. The van der Waals surface area contributed by atoms with Crippen molar-refractivity contribution in [2.45, 2.75) is 110 Å². The molecule has 14 heteroatoms. The minimum atomic E-state index is -0.179. The number of methoxy groups -OCH3 is 1. The summed E-state index contributed by atoms with van der Waals surface area (Å²) in [7, 11) is 5.26. The standard InChI is InChI=1S/C60H72N4O8S2/c1-8-25-69-27-28-70-26-24-62(40-60(5,6)74-73-29-14-15-42(4)65)49-32-43(38-71-55-37-52(61-9-2)51(30-41(55)3)58(66)63-23-22-45-16-10-12-18-53(45)63)31-44(33-49)39-72-57-35-46-20-21-48-34-47-17-11-13-19-54(47)64(48)59(67)50(46)36-56(57)68-7/h9-13,16-19,30-33,35-37,48H,8,14-15,20-29,34,38-40H2,1-7H3/t48-/m1/s1. The van der Waals surface area contributed by atoms with E-state index in [0.29, 0.717) is 86.5 Å². The summed E-state index contributed by atoms with van der Waals surface area (Å²) in [6.45, 7) is 16.7. The second kappa shape index (κ2) is 25.6. The number of hydrogen-bond donors (Lipinski definition) is 0. The van der Waals surface area contributed by atoms with E-state index in [1.807, 2.05) is 95.1 Å². The maximum Gasteiger partial charge on any atom is 0.260 e. The van der Waals surface area contributed by atoms with Gasteiger partial charge >= 0.3 is 0 Å². The van der Waals surface area contributed by atoms with E-state index in [0.717, 1.165) is 89.2 Å². The predicted molar refractivity (Wildman–Crippen MR) is 302 cm³/mol. The second-order valence-electron chi connectivity index (χ2n) is 19.9. The van der Waals surface area contributed by atoms with Gasteiger partial charge in [-0.15, -0.1) is 0 Å². The first-order valence-corrected chi connectivity index (χ1v) is 28.4. The maximum absolute atomic E-state index is 14.3. The number of hydrogen-bond acceptors (Lipinski definition) is 12. The van der Waals surface area contributed by atoms with Crippen LogP contribution >= 0.6 is 21.6 Å². The summed E-state index contributed by atoms with van der Waals surface area (Å²) >= 11 is 0. The molecule has 0 aliphatic carbocycles. The molecule has 5 aromatic carbocycles. The number of para-hydroxylation sites is 2. The zero-order chi connectivity index (χ0) is 52.2. The lowest BCUT2D eigenvalue weighted by molar-refractivity contribution is -0.117. The van der Waals surface area contributed by atoms with Gasteiger partial charge in [0.15, 0.2) is 11.5 Å². The SMILES string of the molecule is CC=Nc1cc(OCc2cc(COc3cc4c(cc3OC)C(=O)N3c5ccccc5C[C@H]3CC4)cc(N(CCOCCOCCC)CC(C)(C)SSCCCC(C)=O)c2)c(C)cc1C(=O)N1CCc2ccccc21. The normalized spacial score (nSPS) is 14.9. The van der Waals surface area contributed by atoms with Gasteiger partial charge in [-0.25, -0.2) is 0 Å². The van der Waals surface area contributed by atoms with E-state index < -0.39 is 0 Å². The third-order valence-corrected chi connectivity index (χ3v) is 17.0. The molecule has 1 atom stereocenters. The molecule has 8 rings (SSSR count). The van der Waals surface area contributed by atoms with Gasteiger partial charge in [0.1, 0.15) is 24.7 Å². The van der Waals surface area contributed by atoms with Gasteiger partial charge in [-0.1, -0.05) is 64.9 Å². The lowest BCUT2D eigenvalue weighted by atomic mass is 9.99. The third-order valence-electron chi connectivity index (χ3n) is 13.6. The topological polar surface area (TPSA) is 119 Å². The summed E-state index contributed by atoms with van der Waals surface area (Å²) in [5, 5.41) is 0. The average Bonchev–Trinajstić information content (AvgIpc) is 3.97. The molecule has 3 heterocycles. The van der Waals surface area contributed by atoms with Gasteiger partial charge in [0.25, 0.3) is 11.8 Å². The number of amides is 2. The molecule has 0 aromatic heterocycles. The minimum Gasteiger partial charge on any atom is -0.493 e. The Morgan fingerprint density at radius 3 is 2.28 bits per heavy atom. The molecule has 0 radical (unpaired) electrons. The molecule has 0 bridgehead atoms. The Morgan fingerprint density at radius 2 is 1.55 bits per heavy atom. The van der Waals surface area contributed by atoms with Crippen molar-refractivity contribution in [1.29, 1.82) is 0 Å². The van der Waals surface area contributed by atoms with E-state index in [4.69, 9.17) is 23.7 Å². The highest BCUT2D eigenvalue weighted by Gasteiger charge is 2.38. The highest BCUT2D eigenvalue weighted by atomic mass is 33.1. The molecule has 392 valence electrons. The van der Waals surface area contributed by atoms with Gasteiger partial charge < -0.3 is 43.2 Å². The Bertz CT molecular complexity index is 2820. The van der Waals surface area contributed by atoms with Gasteiger partial charge in [-0.2, -0.15) is 0 Å². The van der Waals surface area contributed by atoms with Crippen molar-refractivity contribution in [3.05, 3.63) is 136 Å². The van der Waals surface area contributed by atoms with Crippen LogP contribution < -0.4 is 28.9 Å². The molecular formula is C60H72N4O8S2. The monoisotopic (exact) mass is 1040 g/mol. The van der Waals surface area contributed by atoms with Crippen LogP contribution in [0.2, 0.25) is 0 Å². The Balaban J connectivity index is 1.08. The van der Waals surface area contributed by atoms with Crippen LogP contribution in [0.1, 0.15) is 114 Å². The molecular weight excluding hydrogens is 969 g/mol. The highest BCUT2D eigenvalue weighted by molar-refractivity contribution is 8.77. The van der Waals surface area contributed by atoms with Crippen LogP contribution in [0.5, 0.6) is 17.2 Å². The number of rotatable bonds is 26. The largest absolute Gasteiger partial charge is 0.493 e. The van der Waals surface area contributed by atoms with Gasteiger partial charge in [0.05, 0.1) is 38.2 Å². The van der Waals surface area contributed by atoms with Crippen LogP contribution in [0.4, 0.5) is 22.7 Å². The number of carbonyl (C=O) groups is 3. The summed E-state index contributed by atoms with van der Waals surface area (Å²) in [5.41, 5.74) is 10.6. The molecule has 0 saturated heterocycles. The van der Waals surface area contributed by atoms with Crippen molar-refractivity contribution in [1.82, 2.24) is 0 Å². The van der Waals surface area contributed by atoms with E-state index in [9.17, 15) is 14.4 Å². The van der Waals surface area contributed by atoms with E-state index in [1.54, 1.807) is 31.0 Å². The molecule has 0 unspecified atom stereocenters. The number of aryl methyl sites for hydroxylation is 2. The molecule has 5 aromatic rings. The molecule has 0 saturated carbocycles. The molecule has 0 fully saturated rings. The zero-order valence-corrected chi connectivity index (χ0v) is 45.8. The van der Waals surface area contributed by atoms with Crippen molar-refractivity contribution in [2.24, 2.45) is 4.99 Å². The summed E-state index contributed by atoms with van der Waals surface area (Å²) in [4.78, 5) is 51.0. The van der Waals surface area contributed by atoms with Crippen LogP contribution in [0.3, 0.4) is 0 Å². The number of Topliss-reactive ketones (excluding diaryl/α,β-unsaturated/α-hetero) is 1. The number of nitrogens with zero attached hydrogens (tertiary/aromatic N) is 4. The fourth-order valence-corrected chi connectivity index (χ4v) is 12.7. The van der Waals surface area contributed by atoms with Gasteiger partial charge in [-0.05, 0) is 155 Å². The average molecular weight is 1040 g/mol. The lowest BCUT2D eigenvalue weighted by Crippen LogP contribution is -2.38. The summed E-state index contributed by atoms with van der Waals surface area (Å²) in [6.07, 6.45) is 7.35. The molecule has 12 nitrogen and oxygen atoms in total. The molecule has 0 spiro atoms. The summed E-state index contributed by atoms with van der Waals surface area (Å²) in [5.74, 6) is 2.72. The summed E-state index contributed by atoms with van der Waals surface area (Å²) in [6, 6.07) is 30.5. The quantitative estimate of drug-likeness (QED) is 0.0299. The molecule has 3 aliphatic rings. The number of fused-ring (bicyclic) bond motifs is 5. The Morgan fingerprint density at radius 1 is 0.838 bits per heavy atom. The fraction of sp³-hybridized carbons (Fsp3) is 0.433. The van der Waals surface area contributed by atoms with Crippen molar-refractivity contribution < 1.29 is 38.1 Å². The lowest BCUT2D eigenvalue weighted by Gasteiger charge is -2.34. The van der Waals surface area contributed by atoms with Crippen LogP contribution in [-0.4, -0.2) is 93.5 Å². The highest BCUT2D eigenvalue weighted by Crippen LogP contribution is 2.42. The smallest absolute Gasteiger partial charge is 0.260 e. The number of ether oxygens (including phenoxy) is 5. The fourth-order valence-electron chi connectivity index (χ4n) is 10.1. The van der Waals surface area contributed by atoms with Crippen LogP contribution in [0.15, 0.2) is 96.0 Å². The summed E-state index contributed by atoms with van der Waals surface area (Å²) < 4.78 is 31.1. The zero-order valence-electron chi connectivity index (χ0n) is 44.2. The first kappa shape index (κ1) is 54.5. The number of ketones is 1. The van der Waals surface area contributed by atoms with Gasteiger partial charge in [-0.3, -0.25) is 14.6 Å². The van der Waals surface area contributed by atoms with Gasteiger partial charge in [0, 0.05) is 84.1 Å². The van der Waals surface area contributed by atoms with Crippen LogP contribution in [0, 0.1) is 6.92 Å². The first-order valence-electron chi connectivity index (χ1n) is 26.1. The van der Waals surface area contributed by atoms with Crippen molar-refractivity contribution >= 4 is 68.1 Å². The maximum atomic E-state index is 14.3. The molecule has 3 aliphatic heterocycles. The number of anilines is 3. The molecule has 2 amide bonds. The van der Waals surface area contributed by atoms with Gasteiger partial charge in [0.2, 0.25) is 0 Å². The Hall–Kier alpha value is -5.80. The van der Waals surface area contributed by atoms with E-state index >= 15 is 0 Å². The van der Waals surface area contributed by atoms with E-state index in [1.165, 1.54) is 5.56 Å². The number of aliphatic imine (C=N–C) groups is 1. The van der Waals surface area contributed by atoms with E-state index in [-0.39, 0.29) is 41.6 Å². The minimum absolute atomic E-state index is 0.00907. The molecule has 74 heavy (non-hydrogen) atoms. The first-order chi connectivity index (χ1) is 35.9. The second-order valence-corrected chi connectivity index (χ2v) is 23.0. The van der Waals surface area contributed by atoms with Crippen molar-refractivity contribution in [3.63, 3.8) is 0 Å². The van der Waals surface area contributed by atoms with Crippen LogP contribution in [-0.2, 0) is 46.7 Å².